The highest BCUT2D eigenvalue weighted by Gasteiger charge is 2.34. The van der Waals surface area contributed by atoms with Gasteiger partial charge in [-0.15, -0.1) is 0 Å². The van der Waals surface area contributed by atoms with Crippen LogP contribution in [0.4, 0.5) is 19.0 Å². The molecular weight excluding hydrogens is 373 g/mol. The number of hydrogen-bond acceptors (Lipinski definition) is 4. The Labute approximate surface area is 154 Å². The first kappa shape index (κ1) is 20.3. The van der Waals surface area contributed by atoms with Gasteiger partial charge in [0, 0.05) is 39.8 Å². The quantitative estimate of drug-likeness (QED) is 0.836. The second-order valence-electron chi connectivity index (χ2n) is 6.21. The minimum Gasteiger partial charge on any atom is -0.368 e. The van der Waals surface area contributed by atoms with E-state index in [4.69, 9.17) is 11.6 Å². The van der Waals surface area contributed by atoms with Gasteiger partial charge >= 0.3 is 6.18 Å². The molecule has 0 aliphatic carbocycles. The lowest BCUT2D eigenvalue weighted by molar-refractivity contribution is -0.142. The molecule has 1 aliphatic heterocycles. The monoisotopic (exact) mass is 392 g/mol. The summed E-state index contributed by atoms with van der Waals surface area (Å²) < 4.78 is 37.8. The number of rotatable bonds is 5. The number of pyridine rings is 1. The van der Waals surface area contributed by atoms with Gasteiger partial charge < -0.3 is 15.1 Å². The predicted octanol–water partition coefficient (Wildman–Crippen LogP) is 2.63. The number of alkyl halides is 3. The summed E-state index contributed by atoms with van der Waals surface area (Å²) in [6, 6.07) is 0.329. The van der Waals surface area contributed by atoms with Crippen molar-refractivity contribution in [3.63, 3.8) is 0 Å². The van der Waals surface area contributed by atoms with Gasteiger partial charge in [0.1, 0.15) is 11.9 Å². The second kappa shape index (κ2) is 8.11. The van der Waals surface area contributed by atoms with E-state index >= 15 is 0 Å². The molecule has 0 spiro atoms. The van der Waals surface area contributed by atoms with E-state index in [0.717, 1.165) is 12.5 Å². The lowest BCUT2D eigenvalue weighted by Gasteiger charge is -2.26. The van der Waals surface area contributed by atoms with Crippen LogP contribution in [0.1, 0.15) is 24.8 Å². The second-order valence-corrected chi connectivity index (χ2v) is 6.61. The van der Waals surface area contributed by atoms with Crippen LogP contribution in [0.3, 0.4) is 0 Å². The molecule has 10 heteroatoms. The lowest BCUT2D eigenvalue weighted by Crippen LogP contribution is -2.45. The van der Waals surface area contributed by atoms with Crippen molar-refractivity contribution in [1.29, 1.82) is 0 Å². The Morgan fingerprint density at radius 2 is 2.12 bits per heavy atom. The Balaban J connectivity index is 1.91. The molecule has 0 aromatic carbocycles. The Morgan fingerprint density at radius 3 is 2.69 bits per heavy atom. The first-order chi connectivity index (χ1) is 12.1. The maximum Gasteiger partial charge on any atom is 0.417 e. The number of likely N-dealkylation sites (N-methyl/N-ethyl adjacent to an activating group) is 1. The summed E-state index contributed by atoms with van der Waals surface area (Å²) in [6.45, 7) is 0.665. The summed E-state index contributed by atoms with van der Waals surface area (Å²) in [5, 5.41) is 2.59. The molecule has 2 amide bonds. The molecule has 0 bridgehead atoms. The normalized spacial score (nSPS) is 17.3. The van der Waals surface area contributed by atoms with Crippen LogP contribution in [-0.4, -0.2) is 59.8 Å². The molecule has 1 aromatic heterocycles. The summed E-state index contributed by atoms with van der Waals surface area (Å²) in [4.78, 5) is 31.1. The van der Waals surface area contributed by atoms with Crippen LogP contribution in [0.5, 0.6) is 0 Å². The van der Waals surface area contributed by atoms with Gasteiger partial charge in [0.15, 0.2) is 0 Å². The zero-order valence-corrected chi connectivity index (χ0v) is 15.2. The van der Waals surface area contributed by atoms with Crippen molar-refractivity contribution in [3.05, 3.63) is 22.8 Å². The van der Waals surface area contributed by atoms with E-state index in [1.807, 2.05) is 0 Å². The highest BCUT2D eigenvalue weighted by atomic mass is 35.5. The van der Waals surface area contributed by atoms with Crippen LogP contribution in [0.25, 0.3) is 0 Å². The van der Waals surface area contributed by atoms with Gasteiger partial charge in [-0.2, -0.15) is 13.2 Å². The van der Waals surface area contributed by atoms with Gasteiger partial charge in [0.25, 0.3) is 0 Å². The predicted molar refractivity (Wildman–Crippen MR) is 90.8 cm³/mol. The minimum atomic E-state index is -4.52. The number of hydrogen-bond donors (Lipinski definition) is 1. The number of carbonyl (C=O) groups excluding carboxylic acids is 2. The van der Waals surface area contributed by atoms with Gasteiger partial charge in [-0.1, -0.05) is 11.6 Å². The SMILES string of the molecule is CN(C)C(=O)C1CCCN1C(=O)CCNc1ncc(C(F)(F)F)cc1Cl. The molecule has 1 N–H and O–H groups in total. The average Bonchev–Trinajstić information content (AvgIpc) is 3.04. The number of halogens is 4. The number of nitrogens with one attached hydrogen (secondary N) is 1. The van der Waals surface area contributed by atoms with Crippen LogP contribution < -0.4 is 5.32 Å². The average molecular weight is 393 g/mol. The molecule has 1 aliphatic rings. The van der Waals surface area contributed by atoms with Crippen molar-refractivity contribution in [3.8, 4) is 0 Å². The lowest BCUT2D eigenvalue weighted by atomic mass is 10.2. The maximum atomic E-state index is 12.6. The molecule has 26 heavy (non-hydrogen) atoms. The Morgan fingerprint density at radius 1 is 1.42 bits per heavy atom. The molecule has 0 saturated carbocycles. The summed E-state index contributed by atoms with van der Waals surface area (Å²) in [7, 11) is 3.28. The Hall–Kier alpha value is -2.03. The fourth-order valence-corrected chi connectivity index (χ4v) is 3.01. The number of carbonyl (C=O) groups is 2. The van der Waals surface area contributed by atoms with Gasteiger partial charge in [-0.3, -0.25) is 9.59 Å². The fraction of sp³-hybridized carbons (Fsp3) is 0.562. The van der Waals surface area contributed by atoms with E-state index in [9.17, 15) is 22.8 Å². The third kappa shape index (κ3) is 4.78. The number of likely N-dealkylation sites (tertiary alicyclic amines) is 1. The van der Waals surface area contributed by atoms with Crippen LogP contribution in [-0.2, 0) is 15.8 Å². The number of amides is 2. The van der Waals surface area contributed by atoms with Gasteiger partial charge in [-0.25, -0.2) is 4.98 Å². The van der Waals surface area contributed by atoms with Gasteiger partial charge in [0.2, 0.25) is 11.8 Å². The van der Waals surface area contributed by atoms with Crippen LogP contribution in [0.2, 0.25) is 5.02 Å². The van der Waals surface area contributed by atoms with Crippen molar-refractivity contribution in [2.75, 3.05) is 32.5 Å². The summed E-state index contributed by atoms with van der Waals surface area (Å²) in [5.74, 6) is -0.232. The smallest absolute Gasteiger partial charge is 0.368 e. The van der Waals surface area contributed by atoms with Crippen LogP contribution in [0.15, 0.2) is 12.3 Å². The zero-order chi connectivity index (χ0) is 19.5. The van der Waals surface area contributed by atoms with Crippen molar-refractivity contribution in [1.82, 2.24) is 14.8 Å². The standard InChI is InChI=1S/C16H20ClF3N4O2/c1-23(2)15(26)12-4-3-7-24(12)13(25)5-6-21-14-11(17)8-10(9-22-14)16(18,19)20/h8-9,12H,3-7H2,1-2H3,(H,21,22). The van der Waals surface area contributed by atoms with E-state index in [1.165, 1.54) is 4.90 Å². The summed E-state index contributed by atoms with van der Waals surface area (Å²) in [6.07, 6.45) is -2.37. The van der Waals surface area contributed by atoms with E-state index < -0.39 is 17.8 Å². The van der Waals surface area contributed by atoms with E-state index in [-0.39, 0.29) is 35.6 Å². The topological polar surface area (TPSA) is 65.5 Å². The van der Waals surface area contributed by atoms with Crippen molar-refractivity contribution in [2.24, 2.45) is 0 Å². The molecule has 144 valence electrons. The molecule has 1 unspecified atom stereocenters. The summed E-state index contributed by atoms with van der Waals surface area (Å²) in [5.41, 5.74) is -0.939. The maximum absolute atomic E-state index is 12.6. The molecule has 2 rings (SSSR count). The molecule has 1 atom stereocenters. The van der Waals surface area contributed by atoms with E-state index in [0.29, 0.717) is 19.2 Å². The Bertz CT molecular complexity index is 682. The van der Waals surface area contributed by atoms with E-state index in [1.54, 1.807) is 19.0 Å². The summed E-state index contributed by atoms with van der Waals surface area (Å²) >= 11 is 5.81. The number of nitrogens with zero attached hydrogens (tertiary/aromatic N) is 3. The van der Waals surface area contributed by atoms with Crippen LogP contribution >= 0.6 is 11.6 Å². The minimum absolute atomic E-state index is 0.0785. The molecule has 1 fully saturated rings. The van der Waals surface area contributed by atoms with Crippen molar-refractivity contribution in [2.45, 2.75) is 31.5 Å². The third-order valence-corrected chi connectivity index (χ3v) is 4.39. The molecule has 6 nitrogen and oxygen atoms in total. The van der Waals surface area contributed by atoms with Crippen molar-refractivity contribution < 1.29 is 22.8 Å². The molecule has 2 heterocycles. The first-order valence-corrected chi connectivity index (χ1v) is 8.46. The van der Waals surface area contributed by atoms with E-state index in [2.05, 4.69) is 10.3 Å². The van der Waals surface area contributed by atoms with Crippen LogP contribution in [0, 0.1) is 0 Å². The highest BCUT2D eigenvalue weighted by Crippen LogP contribution is 2.32. The molecule has 1 aromatic rings. The number of aromatic nitrogens is 1. The number of anilines is 1. The first-order valence-electron chi connectivity index (χ1n) is 8.08. The third-order valence-electron chi connectivity index (χ3n) is 4.10. The van der Waals surface area contributed by atoms with Gasteiger partial charge in [0.05, 0.1) is 10.6 Å². The largest absolute Gasteiger partial charge is 0.417 e. The zero-order valence-electron chi connectivity index (χ0n) is 14.4. The molecule has 1 saturated heterocycles. The van der Waals surface area contributed by atoms with Crippen molar-refractivity contribution >= 4 is 29.2 Å². The Kier molecular flexibility index (Phi) is 6.33. The molecular formula is C16H20ClF3N4O2. The highest BCUT2D eigenvalue weighted by molar-refractivity contribution is 6.32. The molecule has 0 radical (unpaired) electrons. The van der Waals surface area contributed by atoms with Gasteiger partial charge in [-0.05, 0) is 18.9 Å². The fourth-order valence-electron chi connectivity index (χ4n) is 2.77.